The molecule has 0 aromatic carbocycles. The summed E-state index contributed by atoms with van der Waals surface area (Å²) < 4.78 is 1.58. The second-order valence-electron chi connectivity index (χ2n) is 3.22. The highest BCUT2D eigenvalue weighted by molar-refractivity contribution is 7.13. The molecule has 0 aliphatic carbocycles. The van der Waals surface area contributed by atoms with Crippen LogP contribution >= 0.6 is 22.9 Å². The van der Waals surface area contributed by atoms with E-state index < -0.39 is 0 Å². The molecular weight excluding hydrogens is 232 g/mol. The van der Waals surface area contributed by atoms with Crippen molar-refractivity contribution in [2.75, 3.05) is 0 Å². The summed E-state index contributed by atoms with van der Waals surface area (Å²) in [6, 6.07) is 3.49. The van der Waals surface area contributed by atoms with E-state index in [1.165, 1.54) is 11.3 Å². The highest BCUT2D eigenvalue weighted by Gasteiger charge is 2.17. The zero-order valence-electron chi connectivity index (χ0n) is 8.32. The Morgan fingerprint density at radius 2 is 2.33 bits per heavy atom. The first-order valence-corrected chi connectivity index (χ1v) is 5.63. The van der Waals surface area contributed by atoms with Gasteiger partial charge in [0, 0.05) is 7.05 Å². The van der Waals surface area contributed by atoms with E-state index in [1.807, 2.05) is 6.92 Å². The summed E-state index contributed by atoms with van der Waals surface area (Å²) in [7, 11) is 1.75. The first kappa shape index (κ1) is 10.4. The molecule has 0 radical (unpaired) electrons. The normalized spacial score (nSPS) is 10.6. The molecule has 0 fully saturated rings. The van der Waals surface area contributed by atoms with Crippen LogP contribution in [0.3, 0.4) is 0 Å². The lowest BCUT2D eigenvalue weighted by molar-refractivity contribution is 0.103. The highest BCUT2D eigenvalue weighted by atomic mass is 35.5. The summed E-state index contributed by atoms with van der Waals surface area (Å²) in [5.41, 5.74) is 1.39. The monoisotopic (exact) mass is 240 g/mol. The quantitative estimate of drug-likeness (QED) is 0.757. The Balaban J connectivity index is 2.45. The van der Waals surface area contributed by atoms with E-state index in [2.05, 4.69) is 5.10 Å². The first-order chi connectivity index (χ1) is 7.09. The summed E-state index contributed by atoms with van der Waals surface area (Å²) in [4.78, 5) is 12.6. The molecular formula is C10H9ClN2OS. The summed E-state index contributed by atoms with van der Waals surface area (Å²) in [5.74, 6) is -0.0712. The fraction of sp³-hybridized carbons (Fsp3) is 0.200. The standard InChI is InChI=1S/C10H9ClN2OS/c1-6-5-8(13(2)12-6)9(14)10-7(11)3-4-15-10/h3-5H,1-2H3. The molecule has 5 heteroatoms. The second-order valence-corrected chi connectivity index (χ2v) is 4.54. The van der Waals surface area contributed by atoms with E-state index in [4.69, 9.17) is 11.6 Å². The van der Waals surface area contributed by atoms with Crippen LogP contribution < -0.4 is 0 Å². The van der Waals surface area contributed by atoms with Crippen LogP contribution in [-0.4, -0.2) is 15.6 Å². The number of aryl methyl sites for hydroxylation is 2. The number of carbonyl (C=O) groups excluding carboxylic acids is 1. The van der Waals surface area contributed by atoms with Crippen molar-refractivity contribution in [1.82, 2.24) is 9.78 Å². The van der Waals surface area contributed by atoms with Gasteiger partial charge in [-0.1, -0.05) is 11.6 Å². The third-order valence-electron chi connectivity index (χ3n) is 2.06. The Labute approximate surface area is 96.3 Å². The summed E-state index contributed by atoms with van der Waals surface area (Å²) in [5, 5.41) is 6.44. The molecule has 15 heavy (non-hydrogen) atoms. The molecule has 0 spiro atoms. The fourth-order valence-electron chi connectivity index (χ4n) is 1.40. The van der Waals surface area contributed by atoms with Gasteiger partial charge in [-0.2, -0.15) is 5.10 Å². The van der Waals surface area contributed by atoms with E-state index in [0.29, 0.717) is 15.6 Å². The zero-order chi connectivity index (χ0) is 11.0. The average molecular weight is 241 g/mol. The molecule has 0 N–H and O–H groups in total. The van der Waals surface area contributed by atoms with Crippen LogP contribution in [0.1, 0.15) is 21.1 Å². The molecule has 78 valence electrons. The fourth-order valence-corrected chi connectivity index (χ4v) is 2.48. The third-order valence-corrected chi connectivity index (χ3v) is 3.40. The molecule has 0 unspecified atom stereocenters. The van der Waals surface area contributed by atoms with Crippen molar-refractivity contribution < 1.29 is 4.79 Å². The lowest BCUT2D eigenvalue weighted by Gasteiger charge is -1.98. The van der Waals surface area contributed by atoms with Gasteiger partial charge in [-0.05, 0) is 24.4 Å². The Morgan fingerprint density at radius 3 is 2.80 bits per heavy atom. The minimum absolute atomic E-state index is 0.0712. The van der Waals surface area contributed by atoms with Gasteiger partial charge in [-0.3, -0.25) is 9.48 Å². The average Bonchev–Trinajstić information content (AvgIpc) is 2.71. The van der Waals surface area contributed by atoms with Crippen molar-refractivity contribution in [3.8, 4) is 0 Å². The number of carbonyl (C=O) groups is 1. The van der Waals surface area contributed by atoms with Crippen LogP contribution in [0.2, 0.25) is 5.02 Å². The molecule has 0 aliphatic heterocycles. The van der Waals surface area contributed by atoms with E-state index >= 15 is 0 Å². The van der Waals surface area contributed by atoms with Crippen LogP contribution in [0.25, 0.3) is 0 Å². The molecule has 2 heterocycles. The minimum Gasteiger partial charge on any atom is -0.286 e. The zero-order valence-corrected chi connectivity index (χ0v) is 9.89. The Hall–Kier alpha value is -1.13. The SMILES string of the molecule is Cc1cc(C(=O)c2sccc2Cl)n(C)n1. The van der Waals surface area contributed by atoms with Crippen molar-refractivity contribution in [1.29, 1.82) is 0 Å². The van der Waals surface area contributed by atoms with Gasteiger partial charge in [0.25, 0.3) is 0 Å². The predicted molar refractivity (Wildman–Crippen MR) is 60.7 cm³/mol. The van der Waals surface area contributed by atoms with Crippen LogP contribution in [-0.2, 0) is 7.05 Å². The summed E-state index contributed by atoms with van der Waals surface area (Å²) >= 11 is 7.25. The van der Waals surface area contributed by atoms with Gasteiger partial charge in [0.2, 0.25) is 5.78 Å². The number of aromatic nitrogens is 2. The molecule has 2 aromatic heterocycles. The lowest BCUT2D eigenvalue weighted by Crippen LogP contribution is -2.06. The van der Waals surface area contributed by atoms with Gasteiger partial charge in [0.15, 0.2) is 0 Å². The van der Waals surface area contributed by atoms with Crippen LogP contribution in [0.4, 0.5) is 0 Å². The third kappa shape index (κ3) is 1.82. The molecule has 0 atom stereocenters. The number of thiophene rings is 1. The molecule has 0 bridgehead atoms. The number of hydrogen-bond donors (Lipinski definition) is 0. The van der Waals surface area contributed by atoms with E-state index in [0.717, 1.165) is 5.69 Å². The largest absolute Gasteiger partial charge is 0.286 e. The maximum absolute atomic E-state index is 12.0. The molecule has 0 saturated carbocycles. The number of nitrogens with zero attached hydrogens (tertiary/aromatic N) is 2. The van der Waals surface area contributed by atoms with Gasteiger partial charge in [-0.25, -0.2) is 0 Å². The van der Waals surface area contributed by atoms with Gasteiger partial charge >= 0.3 is 0 Å². The van der Waals surface area contributed by atoms with Gasteiger partial charge < -0.3 is 0 Å². The van der Waals surface area contributed by atoms with Crippen LogP contribution in [0, 0.1) is 6.92 Å². The van der Waals surface area contributed by atoms with Crippen LogP contribution in [0.15, 0.2) is 17.5 Å². The molecule has 0 aliphatic rings. The Morgan fingerprint density at radius 1 is 1.60 bits per heavy atom. The minimum atomic E-state index is -0.0712. The number of ketones is 1. The van der Waals surface area contributed by atoms with Gasteiger partial charge in [0.05, 0.1) is 15.6 Å². The van der Waals surface area contributed by atoms with Crippen molar-refractivity contribution in [2.45, 2.75) is 6.92 Å². The maximum Gasteiger partial charge on any atom is 0.222 e. The molecule has 2 rings (SSSR count). The van der Waals surface area contributed by atoms with Crippen molar-refractivity contribution >= 4 is 28.7 Å². The number of hydrogen-bond acceptors (Lipinski definition) is 3. The summed E-state index contributed by atoms with van der Waals surface area (Å²) in [6.07, 6.45) is 0. The smallest absolute Gasteiger partial charge is 0.222 e. The highest BCUT2D eigenvalue weighted by Crippen LogP contribution is 2.24. The molecule has 3 nitrogen and oxygen atoms in total. The molecule has 2 aromatic rings. The van der Waals surface area contributed by atoms with Crippen molar-refractivity contribution in [3.05, 3.63) is 38.8 Å². The van der Waals surface area contributed by atoms with Gasteiger partial charge in [-0.15, -0.1) is 11.3 Å². The predicted octanol–water partition coefficient (Wildman–Crippen LogP) is 2.67. The van der Waals surface area contributed by atoms with Crippen molar-refractivity contribution in [2.24, 2.45) is 7.05 Å². The lowest BCUT2D eigenvalue weighted by atomic mass is 10.2. The van der Waals surface area contributed by atoms with Crippen LogP contribution in [0.5, 0.6) is 0 Å². The Kier molecular flexibility index (Phi) is 2.63. The molecule has 0 amide bonds. The Bertz CT molecular complexity index is 515. The first-order valence-electron chi connectivity index (χ1n) is 4.38. The van der Waals surface area contributed by atoms with Crippen molar-refractivity contribution in [3.63, 3.8) is 0 Å². The maximum atomic E-state index is 12.0. The second kappa shape index (κ2) is 3.79. The topological polar surface area (TPSA) is 34.9 Å². The summed E-state index contributed by atoms with van der Waals surface area (Å²) in [6.45, 7) is 1.85. The number of halogens is 1. The van der Waals surface area contributed by atoms with Gasteiger partial charge in [0.1, 0.15) is 5.69 Å². The molecule has 0 saturated heterocycles. The number of rotatable bonds is 2. The van der Waals surface area contributed by atoms with E-state index in [1.54, 1.807) is 29.2 Å². The van der Waals surface area contributed by atoms with E-state index in [9.17, 15) is 4.79 Å². The van der Waals surface area contributed by atoms with E-state index in [-0.39, 0.29) is 5.78 Å².